The molecule has 4 saturated carbocycles. The maximum absolute atomic E-state index is 11.1. The molecular formula is C33H34O4. The van der Waals surface area contributed by atoms with Gasteiger partial charge in [-0.25, -0.2) is 4.79 Å². The lowest BCUT2D eigenvalue weighted by molar-refractivity contribution is -0.131. The van der Waals surface area contributed by atoms with Crippen LogP contribution in [0.15, 0.2) is 72.8 Å². The molecule has 4 bridgehead atoms. The van der Waals surface area contributed by atoms with E-state index in [0.29, 0.717) is 12.4 Å². The van der Waals surface area contributed by atoms with Gasteiger partial charge in [-0.2, -0.15) is 0 Å². The zero-order valence-electron chi connectivity index (χ0n) is 21.4. The average Bonchev–Trinajstić information content (AvgIpc) is 2.90. The summed E-state index contributed by atoms with van der Waals surface area (Å²) >= 11 is 0. The summed E-state index contributed by atoms with van der Waals surface area (Å²) in [5.74, 6) is 3.21. The molecule has 190 valence electrons. The minimum atomic E-state index is -0.975. The van der Waals surface area contributed by atoms with E-state index in [1.54, 1.807) is 13.2 Å². The maximum atomic E-state index is 11.1. The fourth-order valence-corrected chi connectivity index (χ4v) is 7.63. The second-order valence-electron chi connectivity index (χ2n) is 11.3. The van der Waals surface area contributed by atoms with Crippen molar-refractivity contribution >= 4 is 12.0 Å². The Balaban J connectivity index is 1.40. The highest BCUT2D eigenvalue weighted by atomic mass is 16.5. The van der Waals surface area contributed by atoms with E-state index in [4.69, 9.17) is 14.6 Å². The van der Waals surface area contributed by atoms with E-state index in [-0.39, 0.29) is 5.41 Å². The van der Waals surface area contributed by atoms with Gasteiger partial charge in [-0.1, -0.05) is 42.5 Å². The molecule has 3 aromatic carbocycles. The third-order valence-electron chi connectivity index (χ3n) is 8.79. The molecule has 0 saturated heterocycles. The molecule has 4 nitrogen and oxygen atoms in total. The predicted octanol–water partition coefficient (Wildman–Crippen LogP) is 7.51. The van der Waals surface area contributed by atoms with Crippen LogP contribution in [0.5, 0.6) is 11.5 Å². The van der Waals surface area contributed by atoms with Crippen LogP contribution < -0.4 is 9.47 Å². The van der Waals surface area contributed by atoms with Gasteiger partial charge in [0.15, 0.2) is 0 Å². The first-order chi connectivity index (χ1) is 18.0. The van der Waals surface area contributed by atoms with Crippen LogP contribution in [0.25, 0.3) is 17.2 Å². The lowest BCUT2D eigenvalue weighted by atomic mass is 9.48. The molecule has 3 aromatic rings. The van der Waals surface area contributed by atoms with Crippen LogP contribution in [0.1, 0.15) is 55.2 Å². The van der Waals surface area contributed by atoms with E-state index in [2.05, 4.69) is 48.5 Å². The summed E-state index contributed by atoms with van der Waals surface area (Å²) in [4.78, 5) is 11.1. The van der Waals surface area contributed by atoms with Crippen molar-refractivity contribution in [2.24, 2.45) is 17.8 Å². The van der Waals surface area contributed by atoms with E-state index < -0.39 is 5.97 Å². The number of ether oxygens (including phenoxy) is 2. The Morgan fingerprint density at radius 2 is 1.51 bits per heavy atom. The van der Waals surface area contributed by atoms with Gasteiger partial charge in [0.2, 0.25) is 0 Å². The Morgan fingerprint density at radius 3 is 2.14 bits per heavy atom. The van der Waals surface area contributed by atoms with Crippen molar-refractivity contribution in [1.82, 2.24) is 0 Å². The van der Waals surface area contributed by atoms with Crippen LogP contribution in [-0.4, -0.2) is 18.2 Å². The van der Waals surface area contributed by atoms with Crippen LogP contribution in [0.2, 0.25) is 0 Å². The van der Waals surface area contributed by atoms with Gasteiger partial charge in [0.1, 0.15) is 18.1 Å². The molecular weight excluding hydrogens is 460 g/mol. The Labute approximate surface area is 218 Å². The summed E-state index contributed by atoms with van der Waals surface area (Å²) in [5.41, 5.74) is 5.65. The van der Waals surface area contributed by atoms with E-state index in [1.807, 2.05) is 18.2 Å². The largest absolute Gasteiger partial charge is 0.496 e. The minimum absolute atomic E-state index is 0.190. The topological polar surface area (TPSA) is 55.8 Å². The summed E-state index contributed by atoms with van der Waals surface area (Å²) in [5, 5.41) is 9.13. The molecule has 0 radical (unpaired) electrons. The highest BCUT2D eigenvalue weighted by molar-refractivity contribution is 5.86. The number of carboxylic acid groups (broad SMARTS) is 1. The van der Waals surface area contributed by atoms with Gasteiger partial charge in [-0.05, 0) is 109 Å². The molecule has 4 fully saturated rings. The first kappa shape index (κ1) is 23.8. The van der Waals surface area contributed by atoms with Crippen LogP contribution in [0, 0.1) is 17.8 Å². The zero-order chi connectivity index (χ0) is 25.4. The number of rotatable bonds is 8. The SMILES string of the molecule is COc1ccc(-c2ccc(OCc3ccccc3)c(C34CC5CC(CC(C5)C3)C4)c2)cc1/C=C/C(=O)O. The molecule has 4 heteroatoms. The summed E-state index contributed by atoms with van der Waals surface area (Å²) in [7, 11) is 1.61. The van der Waals surface area contributed by atoms with Crippen molar-refractivity contribution in [1.29, 1.82) is 0 Å². The van der Waals surface area contributed by atoms with Crippen molar-refractivity contribution in [3.05, 3.63) is 89.5 Å². The second-order valence-corrected chi connectivity index (χ2v) is 11.3. The molecule has 0 amide bonds. The van der Waals surface area contributed by atoms with Crippen LogP contribution >= 0.6 is 0 Å². The number of hydrogen-bond acceptors (Lipinski definition) is 3. The zero-order valence-corrected chi connectivity index (χ0v) is 21.4. The van der Waals surface area contributed by atoms with Gasteiger partial charge < -0.3 is 14.6 Å². The molecule has 0 aromatic heterocycles. The Morgan fingerprint density at radius 1 is 0.892 bits per heavy atom. The first-order valence-corrected chi connectivity index (χ1v) is 13.4. The van der Waals surface area contributed by atoms with Crippen molar-refractivity contribution < 1.29 is 19.4 Å². The number of methoxy groups -OCH3 is 1. The molecule has 0 spiro atoms. The average molecular weight is 495 g/mol. The lowest BCUT2D eigenvalue weighted by Gasteiger charge is -2.57. The summed E-state index contributed by atoms with van der Waals surface area (Å²) in [6, 6.07) is 23.0. The first-order valence-electron chi connectivity index (χ1n) is 13.4. The number of carbonyl (C=O) groups is 1. The van der Waals surface area contributed by atoms with Gasteiger partial charge in [0, 0.05) is 17.2 Å². The standard InChI is InChI=1S/C33H34O4/c1-36-30-10-7-26(16-28(30)9-12-32(34)35)27-8-11-31(37-21-22-5-3-2-4-6-22)29(17-27)33-18-23-13-24(19-33)15-25(14-23)20-33/h2-12,16-17,23-25H,13-15,18-21H2,1H3,(H,34,35)/b12-9+. The molecule has 1 N–H and O–H groups in total. The Kier molecular flexibility index (Phi) is 6.27. The molecule has 4 aliphatic rings. The highest BCUT2D eigenvalue weighted by Crippen LogP contribution is 2.62. The fourth-order valence-electron chi connectivity index (χ4n) is 7.63. The van der Waals surface area contributed by atoms with Crippen molar-refractivity contribution in [3.63, 3.8) is 0 Å². The smallest absolute Gasteiger partial charge is 0.328 e. The van der Waals surface area contributed by atoms with Gasteiger partial charge in [0.25, 0.3) is 0 Å². The van der Waals surface area contributed by atoms with E-state index in [9.17, 15) is 4.79 Å². The molecule has 0 aliphatic heterocycles. The van der Waals surface area contributed by atoms with Crippen molar-refractivity contribution in [3.8, 4) is 22.6 Å². The normalized spacial score (nSPS) is 25.9. The minimum Gasteiger partial charge on any atom is -0.496 e. The molecule has 0 unspecified atom stereocenters. The predicted molar refractivity (Wildman–Crippen MR) is 146 cm³/mol. The number of hydrogen-bond donors (Lipinski definition) is 1. The molecule has 7 rings (SSSR count). The van der Waals surface area contributed by atoms with E-state index >= 15 is 0 Å². The number of carboxylic acids is 1. The van der Waals surface area contributed by atoms with Crippen molar-refractivity contribution in [2.45, 2.75) is 50.5 Å². The summed E-state index contributed by atoms with van der Waals surface area (Å²) in [6.07, 6.45) is 10.7. The molecule has 4 aliphatic carbocycles. The quantitative estimate of drug-likeness (QED) is 0.329. The van der Waals surface area contributed by atoms with Crippen LogP contribution in [0.3, 0.4) is 0 Å². The number of benzene rings is 3. The Bertz CT molecular complexity index is 1290. The molecule has 0 heterocycles. The summed E-state index contributed by atoms with van der Waals surface area (Å²) < 4.78 is 12.0. The van der Waals surface area contributed by atoms with Gasteiger partial charge in [0.05, 0.1) is 7.11 Å². The Hall–Kier alpha value is -3.53. The molecule has 0 atom stereocenters. The van der Waals surface area contributed by atoms with Crippen molar-refractivity contribution in [2.75, 3.05) is 7.11 Å². The monoisotopic (exact) mass is 494 g/mol. The third-order valence-corrected chi connectivity index (χ3v) is 8.79. The second kappa shape index (κ2) is 9.74. The van der Waals surface area contributed by atoms with Gasteiger partial charge in [-0.15, -0.1) is 0 Å². The number of aliphatic carboxylic acids is 1. The van der Waals surface area contributed by atoms with Gasteiger partial charge >= 0.3 is 5.97 Å². The van der Waals surface area contributed by atoms with Crippen LogP contribution in [-0.2, 0) is 16.8 Å². The van der Waals surface area contributed by atoms with E-state index in [1.165, 1.54) is 49.7 Å². The van der Waals surface area contributed by atoms with E-state index in [0.717, 1.165) is 46.3 Å². The van der Waals surface area contributed by atoms with Crippen LogP contribution in [0.4, 0.5) is 0 Å². The molecule has 37 heavy (non-hydrogen) atoms. The van der Waals surface area contributed by atoms with Gasteiger partial charge in [-0.3, -0.25) is 0 Å². The lowest BCUT2D eigenvalue weighted by Crippen LogP contribution is -2.48. The highest BCUT2D eigenvalue weighted by Gasteiger charge is 2.52. The third kappa shape index (κ3) is 4.77. The summed E-state index contributed by atoms with van der Waals surface area (Å²) in [6.45, 7) is 0.562. The maximum Gasteiger partial charge on any atom is 0.328 e. The fraction of sp³-hybridized carbons (Fsp3) is 0.364.